The van der Waals surface area contributed by atoms with Crippen LogP contribution < -0.4 is 22.6 Å². The number of carbonyl (C=O) groups excluding carboxylic acids is 2. The molecule has 0 unspecified atom stereocenters. The Kier molecular flexibility index (Phi) is 7.05. The van der Waals surface area contributed by atoms with E-state index in [1.807, 2.05) is 67.6 Å². The van der Waals surface area contributed by atoms with Gasteiger partial charge >= 0.3 is 5.97 Å². The number of esters is 1. The minimum Gasteiger partial charge on any atom is -1.00 e. The molecule has 3 aromatic rings. The number of anilines is 2. The minimum absolute atomic E-state index is 0. The average molecular weight is 482 g/mol. The molecule has 1 N–H and O–H groups in total. The summed E-state index contributed by atoms with van der Waals surface area (Å²) in [5, 5.41) is 4.84. The van der Waals surface area contributed by atoms with Crippen molar-refractivity contribution in [1.29, 1.82) is 0 Å². The first-order valence-electron chi connectivity index (χ1n) is 11.2. The van der Waals surface area contributed by atoms with E-state index in [2.05, 4.69) is 10.2 Å². The molecule has 0 spiro atoms. The van der Waals surface area contributed by atoms with Crippen molar-refractivity contribution in [2.45, 2.75) is 31.6 Å². The zero-order valence-electron chi connectivity index (χ0n) is 18.4. The lowest BCUT2D eigenvalue weighted by Gasteiger charge is -2.40. The monoisotopic (exact) mass is 481 g/mol. The van der Waals surface area contributed by atoms with Crippen LogP contribution in [0.4, 0.5) is 10.0 Å². The van der Waals surface area contributed by atoms with Gasteiger partial charge in [-0.3, -0.25) is 4.79 Å². The lowest BCUT2D eigenvalue weighted by molar-refractivity contribution is -0.116. The quantitative estimate of drug-likeness (QED) is 0.549. The van der Waals surface area contributed by atoms with Crippen LogP contribution in [0.3, 0.4) is 0 Å². The number of thiophene rings is 1. The summed E-state index contributed by atoms with van der Waals surface area (Å²) >= 11 is 1.51. The van der Waals surface area contributed by atoms with Gasteiger partial charge in [-0.15, -0.1) is 0 Å². The maximum Gasteiger partial charge on any atom is 0.341 e. The van der Waals surface area contributed by atoms with Crippen LogP contribution >= 0.6 is 11.3 Å². The molecular weight excluding hydrogens is 456 g/mol. The average Bonchev–Trinajstić information content (AvgIpc) is 3.22. The standard InChI is InChI=1S/C26H26N2O3S.ClH/c1-2-31-26(30)22-21-19-13-15-28(16-14-19)25(21)32-24(22)27-23(29)20(17-9-5-3-6-10-17)18-11-7-4-8-12-18;/h3-12,19-20H,2,13-16H2,1H3,(H,27,29);1H/p-1. The Hall–Kier alpha value is -2.83. The molecule has 0 saturated carbocycles. The van der Waals surface area contributed by atoms with Crippen LogP contribution in [-0.4, -0.2) is 31.6 Å². The van der Waals surface area contributed by atoms with E-state index in [0.29, 0.717) is 23.1 Å². The zero-order valence-corrected chi connectivity index (χ0v) is 20.0. The number of benzene rings is 2. The smallest absolute Gasteiger partial charge is 0.341 e. The molecule has 1 amide bonds. The molecule has 0 atom stereocenters. The highest BCUT2D eigenvalue weighted by Gasteiger charge is 2.39. The van der Waals surface area contributed by atoms with Gasteiger partial charge in [-0.25, -0.2) is 4.79 Å². The number of hydrogen-bond acceptors (Lipinski definition) is 5. The molecule has 3 aliphatic heterocycles. The summed E-state index contributed by atoms with van der Waals surface area (Å²) in [6.07, 6.45) is 2.08. The second kappa shape index (κ2) is 9.98. The van der Waals surface area contributed by atoms with E-state index in [0.717, 1.165) is 47.6 Å². The number of nitrogens with zero attached hydrogens (tertiary/aromatic N) is 1. The number of fused-ring (bicyclic) bond motifs is 2. The summed E-state index contributed by atoms with van der Waals surface area (Å²) in [5.41, 5.74) is 3.45. The van der Waals surface area contributed by atoms with Crippen LogP contribution in [0.25, 0.3) is 0 Å². The summed E-state index contributed by atoms with van der Waals surface area (Å²) in [6, 6.07) is 19.5. The van der Waals surface area contributed by atoms with Gasteiger partial charge in [0.05, 0.1) is 23.1 Å². The van der Waals surface area contributed by atoms with Gasteiger partial charge in [0, 0.05) is 18.7 Å². The van der Waals surface area contributed by atoms with E-state index in [1.165, 1.54) is 11.3 Å². The summed E-state index contributed by atoms with van der Waals surface area (Å²) in [4.78, 5) is 29.0. The SMILES string of the molecule is CCOC(=O)c1c(NC(=O)C(c2ccccc2)c2ccccc2)sc2c1C1CCN2CC1.[Cl-]. The van der Waals surface area contributed by atoms with Crippen LogP contribution in [0.2, 0.25) is 0 Å². The van der Waals surface area contributed by atoms with Crippen molar-refractivity contribution >= 4 is 33.2 Å². The Morgan fingerprint density at radius 2 is 1.61 bits per heavy atom. The zero-order chi connectivity index (χ0) is 22.1. The van der Waals surface area contributed by atoms with Crippen LogP contribution in [-0.2, 0) is 9.53 Å². The number of ether oxygens (including phenoxy) is 1. The molecule has 2 aromatic carbocycles. The predicted molar refractivity (Wildman–Crippen MR) is 128 cm³/mol. The van der Waals surface area contributed by atoms with Gasteiger partial charge in [-0.2, -0.15) is 0 Å². The van der Waals surface area contributed by atoms with Crippen molar-refractivity contribution in [2.75, 3.05) is 29.9 Å². The molecule has 5 nitrogen and oxygen atoms in total. The van der Waals surface area contributed by atoms with E-state index in [1.54, 1.807) is 0 Å². The van der Waals surface area contributed by atoms with Gasteiger partial charge in [-0.05, 0) is 36.8 Å². The lowest BCUT2D eigenvalue weighted by Crippen LogP contribution is -3.00. The molecule has 172 valence electrons. The molecule has 1 fully saturated rings. The topological polar surface area (TPSA) is 58.6 Å². The van der Waals surface area contributed by atoms with Crippen molar-refractivity contribution in [2.24, 2.45) is 0 Å². The Balaban J connectivity index is 0.00000259. The van der Waals surface area contributed by atoms with Gasteiger partial charge in [0.15, 0.2) is 0 Å². The first-order chi connectivity index (χ1) is 15.7. The Morgan fingerprint density at radius 3 is 2.15 bits per heavy atom. The fourth-order valence-electron chi connectivity index (χ4n) is 4.88. The molecule has 0 aliphatic carbocycles. The van der Waals surface area contributed by atoms with Crippen LogP contribution in [0.5, 0.6) is 0 Å². The highest BCUT2D eigenvalue weighted by molar-refractivity contribution is 7.21. The first-order valence-corrected chi connectivity index (χ1v) is 12.0. The van der Waals surface area contributed by atoms with Crippen molar-refractivity contribution in [3.8, 4) is 0 Å². The summed E-state index contributed by atoms with van der Waals surface area (Å²) < 4.78 is 5.41. The van der Waals surface area contributed by atoms with Gasteiger partial charge in [0.25, 0.3) is 0 Å². The number of rotatable bonds is 6. The molecule has 4 heterocycles. The molecular formula is C26H26ClN2O3S-. The predicted octanol–water partition coefficient (Wildman–Crippen LogP) is 2.40. The molecule has 33 heavy (non-hydrogen) atoms. The molecule has 7 heteroatoms. The maximum absolute atomic E-state index is 13.7. The van der Waals surface area contributed by atoms with Crippen LogP contribution in [0.1, 0.15) is 58.6 Å². The number of nitrogens with one attached hydrogen (secondary N) is 1. The third kappa shape index (κ3) is 4.37. The highest BCUT2D eigenvalue weighted by Crippen LogP contribution is 2.52. The second-order valence-corrected chi connectivity index (χ2v) is 9.25. The molecule has 6 rings (SSSR count). The summed E-state index contributed by atoms with van der Waals surface area (Å²) in [6.45, 7) is 4.13. The minimum atomic E-state index is -0.469. The Labute approximate surface area is 204 Å². The van der Waals surface area contributed by atoms with E-state index < -0.39 is 5.92 Å². The van der Waals surface area contributed by atoms with Crippen LogP contribution in [0, 0.1) is 0 Å². The van der Waals surface area contributed by atoms with Gasteiger partial charge in [-0.1, -0.05) is 72.0 Å². The number of carbonyl (C=O) groups is 2. The second-order valence-electron chi connectivity index (χ2n) is 8.25. The first kappa shape index (κ1) is 23.3. The summed E-state index contributed by atoms with van der Waals surface area (Å²) in [7, 11) is 0. The largest absolute Gasteiger partial charge is 1.00 e. The number of piperidine rings is 1. The summed E-state index contributed by atoms with van der Waals surface area (Å²) in [5.74, 6) is -0.599. The van der Waals surface area contributed by atoms with Crippen molar-refractivity contribution in [3.63, 3.8) is 0 Å². The van der Waals surface area contributed by atoms with E-state index in [4.69, 9.17) is 4.74 Å². The highest BCUT2D eigenvalue weighted by atomic mass is 35.5. The number of hydrogen-bond donors (Lipinski definition) is 1. The van der Waals surface area contributed by atoms with E-state index in [-0.39, 0.29) is 24.3 Å². The molecule has 3 aliphatic rings. The van der Waals surface area contributed by atoms with E-state index in [9.17, 15) is 9.59 Å². The van der Waals surface area contributed by atoms with Gasteiger partial charge in [0.1, 0.15) is 5.00 Å². The molecule has 1 saturated heterocycles. The fraction of sp³-hybridized carbons (Fsp3) is 0.308. The molecule has 0 radical (unpaired) electrons. The Bertz CT molecular complexity index is 1090. The third-order valence-electron chi connectivity index (χ3n) is 6.36. The maximum atomic E-state index is 13.7. The van der Waals surface area contributed by atoms with Gasteiger partial charge in [0.2, 0.25) is 5.91 Å². The van der Waals surface area contributed by atoms with Crippen molar-refractivity contribution in [3.05, 3.63) is 82.9 Å². The van der Waals surface area contributed by atoms with Crippen LogP contribution in [0.15, 0.2) is 60.7 Å². The normalized spacial score (nSPS) is 14.5. The number of amides is 1. The molecule has 1 aromatic heterocycles. The number of halogens is 1. The van der Waals surface area contributed by atoms with Gasteiger partial charge < -0.3 is 27.4 Å². The van der Waals surface area contributed by atoms with E-state index >= 15 is 0 Å². The van der Waals surface area contributed by atoms with Crippen molar-refractivity contribution < 1.29 is 26.7 Å². The molecule has 2 bridgehead atoms. The third-order valence-corrected chi connectivity index (χ3v) is 7.54. The Morgan fingerprint density at radius 1 is 1.03 bits per heavy atom. The van der Waals surface area contributed by atoms with Crippen molar-refractivity contribution in [1.82, 2.24) is 0 Å². The fourth-order valence-corrected chi connectivity index (χ4v) is 6.21. The lowest BCUT2D eigenvalue weighted by atomic mass is 9.84.